The second-order valence-electron chi connectivity index (χ2n) is 12.6. The maximum absolute atomic E-state index is 4.49. The molecule has 0 spiro atoms. The van der Waals surface area contributed by atoms with Crippen LogP contribution < -0.4 is 0 Å². The average Bonchev–Trinajstić information content (AvgIpc) is 3.05. The molecule has 1 unspecified atom stereocenters. The van der Waals surface area contributed by atoms with Crippen LogP contribution in [0.4, 0.5) is 0 Å². The minimum Gasteiger partial charge on any atom is -0.106 e. The fourth-order valence-electron chi connectivity index (χ4n) is 6.80. The lowest BCUT2D eigenvalue weighted by Crippen LogP contribution is -2.12. The Balaban J connectivity index is 1.79. The molecule has 1 atom stereocenters. The molecule has 5 rings (SSSR count). The smallest absolute Gasteiger partial charge is 0.000802 e. The lowest BCUT2D eigenvalue weighted by molar-refractivity contribution is 0.742. The largest absolute Gasteiger partial charge is 0.106 e. The zero-order chi connectivity index (χ0) is 31.9. The van der Waals surface area contributed by atoms with E-state index in [-0.39, 0.29) is 0 Å². The van der Waals surface area contributed by atoms with Crippen molar-refractivity contribution in [3.63, 3.8) is 0 Å². The summed E-state index contributed by atoms with van der Waals surface area (Å²) >= 11 is 1.83. The highest BCUT2D eigenvalue weighted by Gasteiger charge is 2.26. The molecule has 1 aliphatic heterocycles. The van der Waals surface area contributed by atoms with Gasteiger partial charge in [0.15, 0.2) is 0 Å². The van der Waals surface area contributed by atoms with E-state index in [1.54, 1.807) is 0 Å². The molecule has 0 N–H and O–H groups in total. The summed E-state index contributed by atoms with van der Waals surface area (Å²) in [4.78, 5) is 0. The third-order valence-corrected chi connectivity index (χ3v) is 10.1. The number of rotatable bonds is 4. The van der Waals surface area contributed by atoms with Crippen LogP contribution in [0.15, 0.2) is 147 Å². The highest BCUT2D eigenvalue weighted by molar-refractivity contribution is 8.04. The lowest BCUT2D eigenvalue weighted by Gasteiger charge is -2.28. The van der Waals surface area contributed by atoms with Crippen molar-refractivity contribution in [1.29, 1.82) is 0 Å². The van der Waals surface area contributed by atoms with Gasteiger partial charge in [-0.25, -0.2) is 0 Å². The highest BCUT2D eigenvalue weighted by atomic mass is 32.2. The number of aryl methyl sites for hydroxylation is 1. The normalized spacial score (nSPS) is 27.6. The third kappa shape index (κ3) is 7.21. The fourth-order valence-corrected chi connectivity index (χ4v) is 7.61. The molecule has 2 aliphatic carbocycles. The molecule has 45 heavy (non-hydrogen) atoms. The molecule has 0 amide bonds. The molecule has 0 fully saturated rings. The molecule has 230 valence electrons. The first-order valence-corrected chi connectivity index (χ1v) is 17.4. The van der Waals surface area contributed by atoms with Crippen LogP contribution in [0.25, 0.3) is 11.1 Å². The van der Waals surface area contributed by atoms with Crippen molar-refractivity contribution in [2.45, 2.75) is 73.6 Å². The minimum atomic E-state index is 0.488. The number of fused-ring (bicyclic) bond motifs is 2. The van der Waals surface area contributed by atoms with Gasteiger partial charge in [-0.15, -0.1) is 11.8 Å². The van der Waals surface area contributed by atoms with Gasteiger partial charge in [0, 0.05) is 0 Å². The highest BCUT2D eigenvalue weighted by Crippen LogP contribution is 2.44. The molecule has 0 aromatic heterocycles. The van der Waals surface area contributed by atoms with Gasteiger partial charge in [0.2, 0.25) is 0 Å². The van der Waals surface area contributed by atoms with Gasteiger partial charge >= 0.3 is 0 Å². The summed E-state index contributed by atoms with van der Waals surface area (Å²) in [6, 6.07) is 15.9. The zero-order valence-electron chi connectivity index (χ0n) is 28.0. The van der Waals surface area contributed by atoms with Crippen molar-refractivity contribution in [1.82, 2.24) is 0 Å². The zero-order valence-corrected chi connectivity index (χ0v) is 28.9. The Morgan fingerprint density at radius 2 is 1.82 bits per heavy atom. The van der Waals surface area contributed by atoms with Gasteiger partial charge in [-0.1, -0.05) is 110 Å². The molecule has 0 saturated carbocycles. The maximum atomic E-state index is 4.49. The minimum absolute atomic E-state index is 0.488. The Hall–Kier alpha value is -3.81. The summed E-state index contributed by atoms with van der Waals surface area (Å²) in [5, 5.41) is 4.74. The Morgan fingerprint density at radius 3 is 2.60 bits per heavy atom. The van der Waals surface area contributed by atoms with E-state index >= 15 is 0 Å². The number of allylic oxidation sites excluding steroid dienone is 17. The Bertz CT molecular complexity index is 1750. The number of benzene rings is 2. The molecule has 1 heterocycles. The summed E-state index contributed by atoms with van der Waals surface area (Å²) < 4.78 is 0. The summed E-state index contributed by atoms with van der Waals surface area (Å²) in [7, 11) is 0. The van der Waals surface area contributed by atoms with Gasteiger partial charge in [-0.2, -0.15) is 0 Å². The molecular weight excluding hydrogens is 561 g/mol. The van der Waals surface area contributed by atoms with Gasteiger partial charge < -0.3 is 0 Å². The van der Waals surface area contributed by atoms with Crippen LogP contribution in [0.5, 0.6) is 0 Å². The summed E-state index contributed by atoms with van der Waals surface area (Å²) in [5.41, 5.74) is 18.9. The Morgan fingerprint density at radius 1 is 1.00 bits per heavy atom. The standard InChI is InChI=1S/C44H48S/c1-8-10-19-39-33(6)27-35-17-15-18-36(43(35)38(39)9-2)28-37-29-45-26-25-30(3)23-24-31(4)34(7)41-21-13-14-22-42(41)44(37)40-20-12-11-16-32(40)5/h8-13,15-21,24-26,29-30H,6,14,22-23,27-28H2,1-5,7H3/b10-8-,26-25+,31-24+,37-29+,38-9-,39-19+,41-34+,44-42+. The van der Waals surface area contributed by atoms with Crippen LogP contribution in [-0.4, -0.2) is 0 Å². The van der Waals surface area contributed by atoms with E-state index in [1.165, 1.54) is 78.0 Å². The topological polar surface area (TPSA) is 0 Å². The maximum Gasteiger partial charge on any atom is -0.000802 e. The predicted molar refractivity (Wildman–Crippen MR) is 201 cm³/mol. The van der Waals surface area contributed by atoms with Gasteiger partial charge in [-0.3, -0.25) is 0 Å². The molecule has 1 heteroatoms. The molecule has 0 nitrogen and oxygen atoms in total. The molecule has 0 saturated heterocycles. The van der Waals surface area contributed by atoms with E-state index in [1.807, 2.05) is 11.8 Å². The SMILES string of the molecule is C=C1Cc2cccc(CC3=C\S/C=C/C(C)C/C=C(C)/C(C)=C4\C=CCC\C4=C\3c3ccccc3C)c2C(=C\C)/C1=C/C=C\C. The van der Waals surface area contributed by atoms with Crippen LogP contribution in [0, 0.1) is 12.8 Å². The number of hydrogen-bond donors (Lipinski definition) is 0. The molecule has 2 aromatic carbocycles. The second kappa shape index (κ2) is 15.0. The number of thioether (sulfide) groups is 1. The van der Waals surface area contributed by atoms with Crippen LogP contribution in [0.1, 0.15) is 81.7 Å². The third-order valence-electron chi connectivity index (χ3n) is 9.40. The second-order valence-corrected chi connectivity index (χ2v) is 13.4. The first kappa shape index (κ1) is 32.6. The van der Waals surface area contributed by atoms with E-state index in [0.29, 0.717) is 5.92 Å². The lowest BCUT2D eigenvalue weighted by atomic mass is 9.76. The van der Waals surface area contributed by atoms with Crippen LogP contribution in [0.2, 0.25) is 0 Å². The van der Waals surface area contributed by atoms with E-state index in [4.69, 9.17) is 0 Å². The first-order valence-electron chi connectivity index (χ1n) is 16.5. The van der Waals surface area contributed by atoms with Gasteiger partial charge in [0.25, 0.3) is 0 Å². The molecular formula is C44H48S. The van der Waals surface area contributed by atoms with Crippen molar-refractivity contribution >= 4 is 22.9 Å². The summed E-state index contributed by atoms with van der Waals surface area (Å²) in [6.07, 6.45) is 23.2. The van der Waals surface area contributed by atoms with Crippen LogP contribution in [0.3, 0.4) is 0 Å². The van der Waals surface area contributed by atoms with Crippen molar-refractivity contribution in [3.05, 3.63) is 175 Å². The average molecular weight is 609 g/mol. The van der Waals surface area contributed by atoms with Crippen LogP contribution >= 0.6 is 11.8 Å². The fraction of sp³-hybridized carbons (Fsp3) is 0.273. The predicted octanol–water partition coefficient (Wildman–Crippen LogP) is 12.8. The van der Waals surface area contributed by atoms with E-state index in [0.717, 1.165) is 32.1 Å². The van der Waals surface area contributed by atoms with Crippen LogP contribution in [-0.2, 0) is 12.8 Å². The molecule has 0 bridgehead atoms. The summed E-state index contributed by atoms with van der Waals surface area (Å²) in [6.45, 7) is 17.9. The molecule has 3 aliphatic rings. The molecule has 0 radical (unpaired) electrons. The number of hydrogen-bond acceptors (Lipinski definition) is 1. The van der Waals surface area contributed by atoms with E-state index < -0.39 is 0 Å². The van der Waals surface area contributed by atoms with Gasteiger partial charge in [0.1, 0.15) is 0 Å². The van der Waals surface area contributed by atoms with Crippen molar-refractivity contribution < 1.29 is 0 Å². The first-order chi connectivity index (χ1) is 21.8. The Labute approximate surface area is 276 Å². The Kier molecular flexibility index (Phi) is 10.8. The van der Waals surface area contributed by atoms with Crippen molar-refractivity contribution in [2.24, 2.45) is 5.92 Å². The quantitative estimate of drug-likeness (QED) is 0.333. The van der Waals surface area contributed by atoms with Gasteiger partial charge in [0.05, 0.1) is 0 Å². The summed E-state index contributed by atoms with van der Waals surface area (Å²) in [5.74, 6) is 0.488. The van der Waals surface area contributed by atoms with E-state index in [9.17, 15) is 0 Å². The van der Waals surface area contributed by atoms with E-state index in [2.05, 4.69) is 150 Å². The van der Waals surface area contributed by atoms with Crippen molar-refractivity contribution in [3.8, 4) is 0 Å². The van der Waals surface area contributed by atoms with Gasteiger partial charge in [-0.05, 0) is 156 Å². The van der Waals surface area contributed by atoms with Crippen molar-refractivity contribution in [2.75, 3.05) is 0 Å². The monoisotopic (exact) mass is 608 g/mol. The molecule has 2 aromatic rings.